The first-order valence-electron chi connectivity index (χ1n) is 8.03. The van der Waals surface area contributed by atoms with Crippen LogP contribution in [0.2, 0.25) is 0 Å². The predicted molar refractivity (Wildman–Crippen MR) is 86.4 cm³/mol. The Morgan fingerprint density at radius 3 is 2.70 bits per heavy atom. The number of rotatable bonds is 8. The zero-order valence-corrected chi connectivity index (χ0v) is 13.5. The summed E-state index contributed by atoms with van der Waals surface area (Å²) in [6.07, 6.45) is 6.48. The van der Waals surface area contributed by atoms with Crippen LogP contribution in [0.25, 0.3) is 0 Å². The third kappa shape index (κ3) is 4.20. The molecular formula is C17H29N3. The maximum absolute atomic E-state index is 4.80. The molecule has 1 aliphatic carbocycles. The molecule has 3 heteroatoms. The van der Waals surface area contributed by atoms with E-state index in [-0.39, 0.29) is 0 Å². The Morgan fingerprint density at radius 2 is 2.05 bits per heavy atom. The molecule has 3 nitrogen and oxygen atoms in total. The standard InChI is InChI=1S/C17H29N3/c1-5-6-7-10-20(4)17-16(12-18-15-8-9-15)13(2)11-14(3)19-17/h11,15,18H,5-10,12H2,1-4H3. The van der Waals surface area contributed by atoms with Crippen LogP contribution in [-0.4, -0.2) is 24.6 Å². The van der Waals surface area contributed by atoms with Crippen LogP contribution in [-0.2, 0) is 6.54 Å². The molecule has 0 saturated heterocycles. The zero-order valence-electron chi connectivity index (χ0n) is 13.5. The summed E-state index contributed by atoms with van der Waals surface area (Å²) in [6, 6.07) is 2.95. The van der Waals surface area contributed by atoms with Gasteiger partial charge in [0.25, 0.3) is 0 Å². The minimum atomic E-state index is 0.744. The van der Waals surface area contributed by atoms with Gasteiger partial charge in [-0.05, 0) is 44.7 Å². The SMILES string of the molecule is CCCCCN(C)c1nc(C)cc(C)c1CNC1CC1. The molecule has 1 aromatic heterocycles. The molecule has 0 spiro atoms. The van der Waals surface area contributed by atoms with E-state index in [9.17, 15) is 0 Å². The van der Waals surface area contributed by atoms with E-state index in [0.29, 0.717) is 0 Å². The number of hydrogen-bond donors (Lipinski definition) is 1. The van der Waals surface area contributed by atoms with Crippen molar-refractivity contribution in [1.29, 1.82) is 0 Å². The Hall–Kier alpha value is -1.09. The first-order valence-corrected chi connectivity index (χ1v) is 8.03. The van der Waals surface area contributed by atoms with Crippen LogP contribution in [0.15, 0.2) is 6.07 Å². The number of anilines is 1. The van der Waals surface area contributed by atoms with Gasteiger partial charge in [0.05, 0.1) is 0 Å². The van der Waals surface area contributed by atoms with Crippen molar-refractivity contribution in [3.8, 4) is 0 Å². The van der Waals surface area contributed by atoms with Crippen LogP contribution >= 0.6 is 0 Å². The number of nitrogens with one attached hydrogen (secondary N) is 1. The van der Waals surface area contributed by atoms with E-state index in [1.807, 2.05) is 0 Å². The van der Waals surface area contributed by atoms with E-state index in [4.69, 9.17) is 4.98 Å². The highest BCUT2D eigenvalue weighted by molar-refractivity contribution is 5.51. The van der Waals surface area contributed by atoms with Gasteiger partial charge < -0.3 is 10.2 Å². The second-order valence-electron chi connectivity index (χ2n) is 6.17. The van der Waals surface area contributed by atoms with E-state index < -0.39 is 0 Å². The maximum atomic E-state index is 4.80. The summed E-state index contributed by atoms with van der Waals surface area (Å²) in [5.74, 6) is 1.17. The van der Waals surface area contributed by atoms with E-state index >= 15 is 0 Å². The third-order valence-electron chi connectivity index (χ3n) is 4.06. The fraction of sp³-hybridized carbons (Fsp3) is 0.706. The Morgan fingerprint density at radius 1 is 1.30 bits per heavy atom. The number of unbranched alkanes of at least 4 members (excludes halogenated alkanes) is 2. The summed E-state index contributed by atoms with van der Waals surface area (Å²) < 4.78 is 0. The zero-order chi connectivity index (χ0) is 14.5. The predicted octanol–water partition coefficient (Wildman–Crippen LogP) is 3.58. The van der Waals surface area contributed by atoms with Crippen LogP contribution < -0.4 is 10.2 Å². The van der Waals surface area contributed by atoms with Crippen molar-refractivity contribution in [2.45, 2.75) is 65.5 Å². The van der Waals surface area contributed by atoms with Crippen molar-refractivity contribution in [3.05, 3.63) is 22.9 Å². The molecule has 0 amide bonds. The lowest BCUT2D eigenvalue weighted by atomic mass is 10.1. The van der Waals surface area contributed by atoms with Gasteiger partial charge in [0.2, 0.25) is 0 Å². The third-order valence-corrected chi connectivity index (χ3v) is 4.06. The van der Waals surface area contributed by atoms with Gasteiger partial charge in [-0.2, -0.15) is 0 Å². The minimum Gasteiger partial charge on any atom is -0.359 e. The second-order valence-corrected chi connectivity index (χ2v) is 6.17. The highest BCUT2D eigenvalue weighted by atomic mass is 15.2. The molecule has 0 atom stereocenters. The molecule has 1 fully saturated rings. The van der Waals surface area contributed by atoms with E-state index in [0.717, 1.165) is 24.8 Å². The fourth-order valence-corrected chi connectivity index (χ4v) is 2.62. The molecule has 1 heterocycles. The van der Waals surface area contributed by atoms with Crippen LogP contribution in [0.5, 0.6) is 0 Å². The first-order chi connectivity index (χ1) is 9.61. The summed E-state index contributed by atoms with van der Waals surface area (Å²) in [4.78, 5) is 7.13. The van der Waals surface area contributed by atoms with Crippen molar-refractivity contribution in [3.63, 3.8) is 0 Å². The van der Waals surface area contributed by atoms with Gasteiger partial charge in [0, 0.05) is 37.4 Å². The first kappa shape index (κ1) is 15.3. The van der Waals surface area contributed by atoms with Crippen molar-refractivity contribution < 1.29 is 0 Å². The quantitative estimate of drug-likeness (QED) is 0.735. The summed E-state index contributed by atoms with van der Waals surface area (Å²) in [6.45, 7) is 8.61. The molecule has 1 aliphatic rings. The summed E-state index contributed by atoms with van der Waals surface area (Å²) in [7, 11) is 2.18. The van der Waals surface area contributed by atoms with Crippen LogP contribution in [0.4, 0.5) is 5.82 Å². The highest BCUT2D eigenvalue weighted by Gasteiger charge is 2.21. The van der Waals surface area contributed by atoms with E-state index in [2.05, 4.69) is 44.1 Å². The number of aromatic nitrogens is 1. The largest absolute Gasteiger partial charge is 0.359 e. The van der Waals surface area contributed by atoms with E-state index in [1.165, 1.54) is 49.0 Å². The Bertz CT molecular complexity index is 438. The van der Waals surface area contributed by atoms with Crippen LogP contribution in [0, 0.1) is 13.8 Å². The molecule has 1 saturated carbocycles. The Labute approximate surface area is 123 Å². The van der Waals surface area contributed by atoms with E-state index in [1.54, 1.807) is 0 Å². The van der Waals surface area contributed by atoms with Gasteiger partial charge in [-0.1, -0.05) is 19.8 Å². The van der Waals surface area contributed by atoms with Crippen molar-refractivity contribution >= 4 is 5.82 Å². The number of hydrogen-bond acceptors (Lipinski definition) is 3. The number of pyridine rings is 1. The van der Waals surface area contributed by atoms with Gasteiger partial charge in [-0.25, -0.2) is 4.98 Å². The molecule has 0 unspecified atom stereocenters. The van der Waals surface area contributed by atoms with Crippen molar-refractivity contribution in [1.82, 2.24) is 10.3 Å². The number of nitrogens with zero attached hydrogens (tertiary/aromatic N) is 2. The average Bonchev–Trinajstić information content (AvgIpc) is 3.21. The minimum absolute atomic E-state index is 0.744. The normalized spacial score (nSPS) is 14.6. The summed E-state index contributed by atoms with van der Waals surface area (Å²) in [5.41, 5.74) is 3.86. The molecule has 20 heavy (non-hydrogen) atoms. The second kappa shape index (κ2) is 7.07. The van der Waals surface area contributed by atoms with Crippen LogP contribution in [0.3, 0.4) is 0 Å². The Balaban J connectivity index is 2.10. The highest BCUT2D eigenvalue weighted by Crippen LogP contribution is 2.25. The van der Waals surface area contributed by atoms with Gasteiger partial charge in [0.15, 0.2) is 0 Å². The smallest absolute Gasteiger partial charge is 0.133 e. The molecule has 0 bridgehead atoms. The molecule has 1 aromatic rings. The van der Waals surface area contributed by atoms with Crippen molar-refractivity contribution in [2.75, 3.05) is 18.5 Å². The molecule has 1 N–H and O–H groups in total. The summed E-state index contributed by atoms with van der Waals surface area (Å²) >= 11 is 0. The fourth-order valence-electron chi connectivity index (χ4n) is 2.62. The van der Waals surface area contributed by atoms with Gasteiger partial charge in [-0.15, -0.1) is 0 Å². The molecule has 0 radical (unpaired) electrons. The Kier molecular flexibility index (Phi) is 5.41. The summed E-state index contributed by atoms with van der Waals surface area (Å²) in [5, 5.41) is 3.63. The topological polar surface area (TPSA) is 28.2 Å². The molecular weight excluding hydrogens is 246 g/mol. The lowest BCUT2D eigenvalue weighted by molar-refractivity contribution is 0.670. The van der Waals surface area contributed by atoms with Gasteiger partial charge >= 0.3 is 0 Å². The van der Waals surface area contributed by atoms with Crippen LogP contribution in [0.1, 0.15) is 55.8 Å². The van der Waals surface area contributed by atoms with Gasteiger partial charge in [0.1, 0.15) is 5.82 Å². The van der Waals surface area contributed by atoms with Crippen molar-refractivity contribution in [2.24, 2.45) is 0 Å². The molecule has 2 rings (SSSR count). The lowest BCUT2D eigenvalue weighted by Crippen LogP contribution is -2.25. The lowest BCUT2D eigenvalue weighted by Gasteiger charge is -2.23. The molecule has 112 valence electrons. The van der Waals surface area contributed by atoms with Gasteiger partial charge in [-0.3, -0.25) is 0 Å². The molecule has 0 aliphatic heterocycles. The number of aryl methyl sites for hydroxylation is 2. The maximum Gasteiger partial charge on any atom is 0.133 e. The monoisotopic (exact) mass is 275 g/mol. The average molecular weight is 275 g/mol. The molecule has 0 aromatic carbocycles.